The molecule has 0 aromatic rings. The summed E-state index contributed by atoms with van der Waals surface area (Å²) in [4.78, 5) is 5.50. The first-order chi connectivity index (χ1) is 8.36. The van der Waals surface area contributed by atoms with Gasteiger partial charge in [-0.2, -0.15) is 0 Å². The molecule has 3 aliphatic rings. The van der Waals surface area contributed by atoms with Gasteiger partial charge in [0, 0.05) is 19.1 Å². The summed E-state index contributed by atoms with van der Waals surface area (Å²) in [5, 5.41) is 3.36. The van der Waals surface area contributed by atoms with Crippen molar-refractivity contribution in [3.63, 3.8) is 0 Å². The van der Waals surface area contributed by atoms with E-state index in [-0.39, 0.29) is 0 Å². The minimum atomic E-state index is 0.896. The van der Waals surface area contributed by atoms with Gasteiger partial charge < -0.3 is 10.2 Å². The highest BCUT2D eigenvalue weighted by Crippen LogP contribution is 2.32. The van der Waals surface area contributed by atoms with Crippen LogP contribution in [0, 0.1) is 11.8 Å². The quantitative estimate of drug-likeness (QED) is 0.790. The Morgan fingerprint density at radius 2 is 1.94 bits per heavy atom. The molecule has 98 valence electrons. The number of hydrogen-bond acceptors (Lipinski definition) is 3. The number of nitrogens with one attached hydrogen (secondary N) is 1. The van der Waals surface area contributed by atoms with Crippen molar-refractivity contribution in [2.24, 2.45) is 11.8 Å². The van der Waals surface area contributed by atoms with Gasteiger partial charge in [0.05, 0.1) is 0 Å². The summed E-state index contributed by atoms with van der Waals surface area (Å²) < 4.78 is 0. The highest BCUT2D eigenvalue weighted by Gasteiger charge is 2.38. The molecular formula is C14H27N3. The van der Waals surface area contributed by atoms with Gasteiger partial charge in [-0.3, -0.25) is 4.90 Å². The largest absolute Gasteiger partial charge is 0.319 e. The second-order valence-corrected chi connectivity index (χ2v) is 6.27. The summed E-state index contributed by atoms with van der Waals surface area (Å²) >= 11 is 0. The van der Waals surface area contributed by atoms with Crippen molar-refractivity contribution in [1.82, 2.24) is 15.1 Å². The Labute approximate surface area is 106 Å². The monoisotopic (exact) mass is 237 g/mol. The Bertz CT molecular complexity index is 254. The third kappa shape index (κ3) is 2.51. The minimum absolute atomic E-state index is 0.896. The molecule has 0 radical (unpaired) electrons. The maximum Gasteiger partial charge on any atom is 0.0148 e. The average molecular weight is 237 g/mol. The molecule has 0 saturated carbocycles. The Kier molecular flexibility index (Phi) is 3.69. The molecule has 0 aromatic carbocycles. The van der Waals surface area contributed by atoms with Crippen molar-refractivity contribution in [1.29, 1.82) is 0 Å². The van der Waals surface area contributed by atoms with E-state index in [1.165, 1.54) is 65.0 Å². The van der Waals surface area contributed by atoms with Crippen LogP contribution in [-0.4, -0.2) is 62.2 Å². The van der Waals surface area contributed by atoms with Crippen molar-refractivity contribution in [3.05, 3.63) is 0 Å². The van der Waals surface area contributed by atoms with Crippen LogP contribution in [0.15, 0.2) is 0 Å². The second-order valence-electron chi connectivity index (χ2n) is 6.27. The van der Waals surface area contributed by atoms with Gasteiger partial charge >= 0.3 is 0 Å². The molecule has 4 atom stereocenters. The number of rotatable bonds is 3. The zero-order chi connectivity index (χ0) is 11.7. The van der Waals surface area contributed by atoms with E-state index in [1.807, 2.05) is 0 Å². The number of piperidine rings is 2. The fraction of sp³-hybridized carbons (Fsp3) is 1.00. The molecule has 3 fully saturated rings. The van der Waals surface area contributed by atoms with Crippen LogP contribution in [0.2, 0.25) is 0 Å². The second kappa shape index (κ2) is 5.25. The van der Waals surface area contributed by atoms with Crippen molar-refractivity contribution >= 4 is 0 Å². The van der Waals surface area contributed by atoms with E-state index in [0.29, 0.717) is 0 Å². The summed E-state index contributed by atoms with van der Waals surface area (Å²) in [7, 11) is 2.09. The van der Waals surface area contributed by atoms with Crippen LogP contribution >= 0.6 is 0 Å². The highest BCUT2D eigenvalue weighted by molar-refractivity contribution is 4.93. The average Bonchev–Trinajstić information content (AvgIpc) is 2.72. The van der Waals surface area contributed by atoms with Crippen LogP contribution in [0.25, 0.3) is 0 Å². The van der Waals surface area contributed by atoms with Crippen LogP contribution in [0.1, 0.15) is 25.7 Å². The van der Waals surface area contributed by atoms with Gasteiger partial charge in [0.2, 0.25) is 0 Å². The smallest absolute Gasteiger partial charge is 0.0148 e. The van der Waals surface area contributed by atoms with Crippen LogP contribution in [0.3, 0.4) is 0 Å². The zero-order valence-corrected chi connectivity index (χ0v) is 11.2. The molecule has 3 rings (SSSR count). The lowest BCUT2D eigenvalue weighted by Gasteiger charge is -2.43. The third-order valence-corrected chi connectivity index (χ3v) is 5.11. The van der Waals surface area contributed by atoms with E-state index >= 15 is 0 Å². The highest BCUT2D eigenvalue weighted by atomic mass is 15.2. The molecule has 0 spiro atoms. The molecule has 4 unspecified atom stereocenters. The Hall–Kier alpha value is -0.120. The zero-order valence-electron chi connectivity index (χ0n) is 11.2. The minimum Gasteiger partial charge on any atom is -0.319 e. The molecular weight excluding hydrogens is 210 g/mol. The van der Waals surface area contributed by atoms with Gasteiger partial charge in [-0.1, -0.05) is 0 Å². The molecule has 3 heterocycles. The third-order valence-electron chi connectivity index (χ3n) is 5.11. The first-order valence-corrected chi connectivity index (χ1v) is 7.48. The first kappa shape index (κ1) is 11.9. The lowest BCUT2D eigenvalue weighted by molar-refractivity contribution is 0.0614. The van der Waals surface area contributed by atoms with E-state index in [0.717, 1.165) is 17.9 Å². The summed E-state index contributed by atoms with van der Waals surface area (Å²) in [6.45, 7) is 8.03. The molecule has 1 N–H and O–H groups in total. The molecule has 3 heteroatoms. The number of fused-ring (bicyclic) bond motifs is 2. The predicted octanol–water partition coefficient (Wildman–Crippen LogP) is 1.01. The van der Waals surface area contributed by atoms with Crippen LogP contribution in [0.5, 0.6) is 0 Å². The molecule has 3 nitrogen and oxygen atoms in total. The molecule has 0 amide bonds. The molecule has 2 bridgehead atoms. The van der Waals surface area contributed by atoms with Crippen molar-refractivity contribution in [2.45, 2.75) is 31.7 Å². The SMILES string of the molecule is CNCC1CCCN(C2CCN3CCC2C3)C1. The number of likely N-dealkylation sites (tertiary alicyclic amines) is 1. The van der Waals surface area contributed by atoms with Gasteiger partial charge in [-0.25, -0.2) is 0 Å². The maximum absolute atomic E-state index is 3.36. The van der Waals surface area contributed by atoms with Gasteiger partial charge in [0.15, 0.2) is 0 Å². The molecule has 3 aliphatic heterocycles. The summed E-state index contributed by atoms with van der Waals surface area (Å²) in [5.41, 5.74) is 0. The van der Waals surface area contributed by atoms with Crippen molar-refractivity contribution < 1.29 is 0 Å². The van der Waals surface area contributed by atoms with Gasteiger partial charge in [0.1, 0.15) is 0 Å². The van der Waals surface area contributed by atoms with E-state index in [1.54, 1.807) is 0 Å². The number of hydrogen-bond donors (Lipinski definition) is 1. The number of nitrogens with zero attached hydrogens (tertiary/aromatic N) is 2. The lowest BCUT2D eigenvalue weighted by atomic mass is 9.89. The molecule has 0 aromatic heterocycles. The summed E-state index contributed by atoms with van der Waals surface area (Å²) in [5.74, 6) is 1.88. The van der Waals surface area contributed by atoms with Gasteiger partial charge in [-0.05, 0) is 70.7 Å². The van der Waals surface area contributed by atoms with E-state index < -0.39 is 0 Å². The Morgan fingerprint density at radius 1 is 1.06 bits per heavy atom. The molecule has 0 aliphatic carbocycles. The van der Waals surface area contributed by atoms with Crippen LogP contribution < -0.4 is 5.32 Å². The maximum atomic E-state index is 3.36. The van der Waals surface area contributed by atoms with Crippen LogP contribution in [-0.2, 0) is 0 Å². The van der Waals surface area contributed by atoms with E-state index in [9.17, 15) is 0 Å². The van der Waals surface area contributed by atoms with Crippen molar-refractivity contribution in [2.75, 3.05) is 46.3 Å². The Morgan fingerprint density at radius 3 is 2.82 bits per heavy atom. The van der Waals surface area contributed by atoms with E-state index in [4.69, 9.17) is 0 Å². The Balaban J connectivity index is 1.59. The molecule has 17 heavy (non-hydrogen) atoms. The fourth-order valence-corrected chi connectivity index (χ4v) is 4.26. The fourth-order valence-electron chi connectivity index (χ4n) is 4.26. The van der Waals surface area contributed by atoms with Crippen LogP contribution in [0.4, 0.5) is 0 Å². The summed E-state index contributed by atoms with van der Waals surface area (Å²) in [6.07, 6.45) is 5.73. The standard InChI is InChI=1S/C14H27N3/c1-15-9-12-3-2-6-17(10-12)14-5-8-16-7-4-13(14)11-16/h12-15H,2-11H2,1H3. The van der Waals surface area contributed by atoms with E-state index in [2.05, 4.69) is 22.2 Å². The lowest BCUT2D eigenvalue weighted by Crippen LogP contribution is -2.51. The summed E-state index contributed by atoms with van der Waals surface area (Å²) in [6, 6.07) is 0.911. The van der Waals surface area contributed by atoms with Gasteiger partial charge in [0.25, 0.3) is 0 Å². The normalized spacial score (nSPS) is 42.9. The first-order valence-electron chi connectivity index (χ1n) is 7.48. The molecule has 3 saturated heterocycles. The predicted molar refractivity (Wildman–Crippen MR) is 71.2 cm³/mol. The van der Waals surface area contributed by atoms with Crippen molar-refractivity contribution in [3.8, 4) is 0 Å². The van der Waals surface area contributed by atoms with Gasteiger partial charge in [-0.15, -0.1) is 0 Å². The topological polar surface area (TPSA) is 18.5 Å².